The molecule has 0 heterocycles. The molecule has 0 N–H and O–H groups in total. The van der Waals surface area contributed by atoms with E-state index in [0.29, 0.717) is 0 Å². The Kier molecular flexibility index (Phi) is 4.86. The van der Waals surface area contributed by atoms with E-state index in [4.69, 9.17) is 0 Å². The Morgan fingerprint density at radius 2 is 1.89 bits per heavy atom. The van der Waals surface area contributed by atoms with Crippen LogP contribution < -0.4 is 0 Å². The van der Waals surface area contributed by atoms with E-state index in [2.05, 4.69) is 39.0 Å². The Hall–Kier alpha value is -0.330. The SMILES string of the molecule is CCC1=C(CC)C([SiH3])[C]([Ni][C]2=CC=CC2)=C1CC. The standard InChI is InChI=1S/C11H19Si.C5H5.Ni/c1-4-8-7-11(12)10(6-3)9(8)5-2;1-2-4-5-3-1;/h11H,4-6H2,1-3,12H3;1-3H,4H2;. The summed E-state index contributed by atoms with van der Waals surface area (Å²) in [5.41, 5.74) is 5.92. The normalized spacial score (nSPS) is 23.7. The van der Waals surface area contributed by atoms with E-state index >= 15 is 0 Å². The molecule has 0 aromatic heterocycles. The molecule has 0 bridgehead atoms. The van der Waals surface area contributed by atoms with Crippen molar-refractivity contribution in [1.29, 1.82) is 0 Å². The summed E-state index contributed by atoms with van der Waals surface area (Å²) in [6.07, 6.45) is 11.6. The molecule has 0 radical (unpaired) electrons. The molecule has 0 fully saturated rings. The van der Waals surface area contributed by atoms with Crippen molar-refractivity contribution in [2.24, 2.45) is 0 Å². The van der Waals surface area contributed by atoms with Gasteiger partial charge in [-0.1, -0.05) is 0 Å². The fraction of sp³-hybridized carbons (Fsp3) is 0.500. The molecule has 0 aromatic rings. The van der Waals surface area contributed by atoms with Crippen LogP contribution in [-0.4, -0.2) is 10.2 Å². The third kappa shape index (κ3) is 2.51. The molecule has 2 aliphatic carbocycles. The van der Waals surface area contributed by atoms with Crippen molar-refractivity contribution in [3.8, 4) is 0 Å². The third-order valence-electron chi connectivity index (χ3n) is 3.88. The van der Waals surface area contributed by atoms with Gasteiger partial charge in [-0.05, 0) is 0 Å². The quantitative estimate of drug-likeness (QED) is 0.677. The van der Waals surface area contributed by atoms with Crippen LogP contribution in [0.15, 0.2) is 44.0 Å². The number of allylic oxidation sites excluding steroid dienone is 8. The van der Waals surface area contributed by atoms with Gasteiger partial charge in [-0.2, -0.15) is 0 Å². The number of rotatable bonds is 5. The van der Waals surface area contributed by atoms with Gasteiger partial charge in [-0.15, -0.1) is 0 Å². The monoisotopic (exact) mass is 302 g/mol. The summed E-state index contributed by atoms with van der Waals surface area (Å²) >= 11 is 1.86. The summed E-state index contributed by atoms with van der Waals surface area (Å²) < 4.78 is 3.26. The summed E-state index contributed by atoms with van der Waals surface area (Å²) in [6, 6.07) is 0. The van der Waals surface area contributed by atoms with Gasteiger partial charge in [0.1, 0.15) is 0 Å². The first kappa shape index (κ1) is 14.1. The van der Waals surface area contributed by atoms with Gasteiger partial charge < -0.3 is 0 Å². The molecule has 0 amide bonds. The Balaban J connectivity index is 2.28. The van der Waals surface area contributed by atoms with Crippen molar-refractivity contribution in [2.45, 2.75) is 52.0 Å². The van der Waals surface area contributed by atoms with E-state index in [1.54, 1.807) is 25.8 Å². The minimum absolute atomic E-state index is 0.793. The first-order valence-corrected chi connectivity index (χ1v) is 9.26. The second-order valence-electron chi connectivity index (χ2n) is 4.86. The van der Waals surface area contributed by atoms with Crippen LogP contribution in [0.25, 0.3) is 0 Å². The molecule has 2 aliphatic rings. The molecular formula is C16H24NiSi. The third-order valence-corrected chi connectivity index (χ3v) is 7.29. The predicted molar refractivity (Wildman–Crippen MR) is 80.5 cm³/mol. The minimum atomic E-state index is 0.793. The average molecular weight is 303 g/mol. The van der Waals surface area contributed by atoms with Crippen LogP contribution in [0.3, 0.4) is 0 Å². The molecule has 0 saturated carbocycles. The molecular weight excluding hydrogens is 279 g/mol. The fourth-order valence-electron chi connectivity index (χ4n) is 3.02. The van der Waals surface area contributed by atoms with Gasteiger partial charge >= 0.3 is 121 Å². The van der Waals surface area contributed by atoms with Gasteiger partial charge in [0.2, 0.25) is 0 Å². The van der Waals surface area contributed by atoms with Gasteiger partial charge in [0.25, 0.3) is 0 Å². The second kappa shape index (κ2) is 6.21. The van der Waals surface area contributed by atoms with Gasteiger partial charge in [0.05, 0.1) is 0 Å². The molecule has 0 spiro atoms. The van der Waals surface area contributed by atoms with Crippen molar-refractivity contribution in [3.05, 3.63) is 44.0 Å². The molecule has 0 saturated heterocycles. The molecule has 0 nitrogen and oxygen atoms in total. The average Bonchev–Trinajstić information content (AvgIpc) is 2.97. The summed E-state index contributed by atoms with van der Waals surface area (Å²) in [5, 5.41) is 0. The molecule has 1 atom stereocenters. The van der Waals surface area contributed by atoms with E-state index in [-0.39, 0.29) is 0 Å². The van der Waals surface area contributed by atoms with E-state index in [0.717, 1.165) is 12.0 Å². The van der Waals surface area contributed by atoms with Crippen LogP contribution in [0, 0.1) is 0 Å². The summed E-state index contributed by atoms with van der Waals surface area (Å²) in [6.45, 7) is 6.97. The Morgan fingerprint density at radius 1 is 1.17 bits per heavy atom. The molecule has 0 aliphatic heterocycles. The van der Waals surface area contributed by atoms with E-state index in [9.17, 15) is 0 Å². The van der Waals surface area contributed by atoms with Gasteiger partial charge in [-0.25, -0.2) is 0 Å². The molecule has 2 rings (SSSR count). The second-order valence-corrected chi connectivity index (χ2v) is 7.43. The zero-order valence-electron chi connectivity index (χ0n) is 12.0. The Labute approximate surface area is 121 Å². The van der Waals surface area contributed by atoms with E-state index < -0.39 is 0 Å². The van der Waals surface area contributed by atoms with E-state index in [1.807, 2.05) is 14.4 Å². The number of hydrogen-bond donors (Lipinski definition) is 0. The van der Waals surface area contributed by atoms with Crippen LogP contribution in [0.2, 0.25) is 5.54 Å². The first-order valence-electron chi connectivity index (χ1n) is 7.12. The van der Waals surface area contributed by atoms with Crippen LogP contribution in [0.5, 0.6) is 0 Å². The van der Waals surface area contributed by atoms with E-state index in [1.165, 1.54) is 29.5 Å². The Morgan fingerprint density at radius 3 is 2.39 bits per heavy atom. The molecule has 1 unspecified atom stereocenters. The molecule has 0 aromatic carbocycles. The summed E-state index contributed by atoms with van der Waals surface area (Å²) in [4.78, 5) is 0. The van der Waals surface area contributed by atoms with Crippen LogP contribution in [0.1, 0.15) is 46.5 Å². The summed E-state index contributed by atoms with van der Waals surface area (Å²) in [5.74, 6) is 0. The van der Waals surface area contributed by atoms with Gasteiger partial charge in [0.15, 0.2) is 0 Å². The van der Waals surface area contributed by atoms with Gasteiger partial charge in [-0.3, -0.25) is 0 Å². The molecule has 102 valence electrons. The topological polar surface area (TPSA) is 0 Å². The number of hydrogen-bond acceptors (Lipinski definition) is 0. The van der Waals surface area contributed by atoms with Gasteiger partial charge in [0, 0.05) is 0 Å². The van der Waals surface area contributed by atoms with Crippen LogP contribution in [0.4, 0.5) is 0 Å². The maximum absolute atomic E-state index is 2.33. The van der Waals surface area contributed by atoms with Crippen molar-refractivity contribution < 1.29 is 14.4 Å². The maximum atomic E-state index is 2.33. The fourth-order valence-corrected chi connectivity index (χ4v) is 6.09. The van der Waals surface area contributed by atoms with Crippen molar-refractivity contribution >= 4 is 10.2 Å². The van der Waals surface area contributed by atoms with Crippen molar-refractivity contribution in [1.82, 2.24) is 0 Å². The first-order chi connectivity index (χ1) is 8.72. The van der Waals surface area contributed by atoms with Crippen LogP contribution >= 0.6 is 0 Å². The molecule has 18 heavy (non-hydrogen) atoms. The van der Waals surface area contributed by atoms with Crippen LogP contribution in [-0.2, 0) is 14.4 Å². The zero-order chi connectivity index (χ0) is 13.1. The molecule has 2 heteroatoms. The van der Waals surface area contributed by atoms with Crippen molar-refractivity contribution in [2.75, 3.05) is 0 Å². The summed E-state index contributed by atoms with van der Waals surface area (Å²) in [7, 11) is 1.27. The Bertz CT molecular complexity index is 452. The zero-order valence-corrected chi connectivity index (χ0v) is 14.9. The van der Waals surface area contributed by atoms with Crippen molar-refractivity contribution in [3.63, 3.8) is 0 Å². The predicted octanol–water partition coefficient (Wildman–Crippen LogP) is 3.86.